The van der Waals surface area contributed by atoms with Crippen molar-refractivity contribution in [3.63, 3.8) is 0 Å². The van der Waals surface area contributed by atoms with E-state index in [2.05, 4.69) is 4.99 Å². The molecular formula is C31H27ClN2O4S. The molecule has 1 aliphatic rings. The summed E-state index contributed by atoms with van der Waals surface area (Å²) in [5.74, 6) is 0.123. The van der Waals surface area contributed by atoms with E-state index < -0.39 is 12.0 Å². The van der Waals surface area contributed by atoms with Gasteiger partial charge < -0.3 is 9.47 Å². The Bertz CT molecular complexity index is 1740. The highest BCUT2D eigenvalue weighted by Gasteiger charge is 2.33. The number of halogens is 1. The molecule has 39 heavy (non-hydrogen) atoms. The van der Waals surface area contributed by atoms with Gasteiger partial charge in [0.1, 0.15) is 12.4 Å². The maximum atomic E-state index is 13.9. The summed E-state index contributed by atoms with van der Waals surface area (Å²) in [5, 5.41) is 0.527. The average Bonchev–Trinajstić information content (AvgIpc) is 3.22. The number of aryl methyl sites for hydroxylation is 1. The van der Waals surface area contributed by atoms with Crippen LogP contribution in [0, 0.1) is 6.92 Å². The number of ether oxygens (including phenoxy) is 2. The fourth-order valence-electron chi connectivity index (χ4n) is 4.50. The van der Waals surface area contributed by atoms with Gasteiger partial charge in [-0.05, 0) is 56.2 Å². The maximum absolute atomic E-state index is 13.9. The fraction of sp³-hybridized carbons (Fsp3) is 0.194. The van der Waals surface area contributed by atoms with Crippen LogP contribution in [0.25, 0.3) is 6.08 Å². The van der Waals surface area contributed by atoms with Crippen molar-refractivity contribution in [1.82, 2.24) is 4.57 Å². The summed E-state index contributed by atoms with van der Waals surface area (Å²) in [7, 11) is 0. The molecule has 0 radical (unpaired) electrons. The average molecular weight is 559 g/mol. The van der Waals surface area contributed by atoms with Crippen LogP contribution in [0.4, 0.5) is 0 Å². The minimum atomic E-state index is -0.656. The Morgan fingerprint density at radius 1 is 1.08 bits per heavy atom. The van der Waals surface area contributed by atoms with Crippen LogP contribution in [0.3, 0.4) is 0 Å². The number of thiazole rings is 1. The standard InChI is InChI=1S/C31H27ClN2O4S/c1-4-37-30(36)27-20(3)33-31-34(28(27)22-12-10-19(2)11-13-22)29(35)26(39-31)17-23-16-24(32)14-15-25(23)38-18-21-8-6-5-7-9-21/h5-17,28H,4,18H2,1-3H3/b26-17-/t28-/m0/s1. The minimum Gasteiger partial charge on any atom is -0.488 e. The van der Waals surface area contributed by atoms with Crippen molar-refractivity contribution in [1.29, 1.82) is 0 Å². The first-order valence-corrected chi connectivity index (χ1v) is 13.8. The predicted molar refractivity (Wildman–Crippen MR) is 154 cm³/mol. The van der Waals surface area contributed by atoms with Crippen LogP contribution >= 0.6 is 22.9 Å². The predicted octanol–water partition coefficient (Wildman–Crippen LogP) is 5.34. The van der Waals surface area contributed by atoms with Crippen LogP contribution in [0.2, 0.25) is 5.02 Å². The first-order valence-electron chi connectivity index (χ1n) is 12.6. The molecule has 0 saturated heterocycles. The number of fused-ring (bicyclic) bond motifs is 1. The van der Waals surface area contributed by atoms with Crippen LogP contribution in [-0.4, -0.2) is 17.1 Å². The Morgan fingerprint density at radius 2 is 1.82 bits per heavy atom. The molecule has 1 atom stereocenters. The highest BCUT2D eigenvalue weighted by atomic mass is 35.5. The fourth-order valence-corrected chi connectivity index (χ4v) is 5.71. The summed E-state index contributed by atoms with van der Waals surface area (Å²) in [6.45, 7) is 6.12. The van der Waals surface area contributed by atoms with E-state index >= 15 is 0 Å². The van der Waals surface area contributed by atoms with Crippen molar-refractivity contribution < 1.29 is 14.3 Å². The van der Waals surface area contributed by atoms with E-state index in [0.29, 0.717) is 43.5 Å². The van der Waals surface area contributed by atoms with E-state index in [-0.39, 0.29) is 12.2 Å². The van der Waals surface area contributed by atoms with Gasteiger partial charge in [-0.1, -0.05) is 83.1 Å². The second kappa shape index (κ2) is 11.4. The largest absolute Gasteiger partial charge is 0.488 e. The van der Waals surface area contributed by atoms with Gasteiger partial charge in [0.25, 0.3) is 5.56 Å². The van der Waals surface area contributed by atoms with E-state index in [1.54, 1.807) is 42.7 Å². The third kappa shape index (κ3) is 5.60. The minimum absolute atomic E-state index is 0.223. The molecule has 0 unspecified atom stereocenters. The molecule has 0 N–H and O–H groups in total. The van der Waals surface area contributed by atoms with Gasteiger partial charge in [0, 0.05) is 10.6 Å². The van der Waals surface area contributed by atoms with Gasteiger partial charge in [-0.15, -0.1) is 0 Å². The SMILES string of the molecule is CCOC(=O)C1=C(C)N=c2s/c(=C\c3cc(Cl)ccc3OCc3ccccc3)c(=O)n2[C@H]1c1ccc(C)cc1. The molecule has 2 heterocycles. The lowest BCUT2D eigenvalue weighted by Gasteiger charge is -2.24. The lowest BCUT2D eigenvalue weighted by atomic mass is 9.95. The second-order valence-corrected chi connectivity index (χ2v) is 10.6. The summed E-state index contributed by atoms with van der Waals surface area (Å²) >= 11 is 7.59. The molecule has 1 aromatic heterocycles. The number of aromatic nitrogens is 1. The number of nitrogens with zero attached hydrogens (tertiary/aromatic N) is 2. The normalized spacial score (nSPS) is 15.1. The first kappa shape index (κ1) is 26.7. The Labute approximate surface area is 235 Å². The molecule has 198 valence electrons. The van der Waals surface area contributed by atoms with Gasteiger partial charge >= 0.3 is 5.97 Å². The number of hydrogen-bond donors (Lipinski definition) is 0. The summed E-state index contributed by atoms with van der Waals surface area (Å²) in [6.07, 6.45) is 1.77. The van der Waals surface area contributed by atoms with Crippen molar-refractivity contribution in [3.8, 4) is 5.75 Å². The Kier molecular flexibility index (Phi) is 7.82. The highest BCUT2D eigenvalue weighted by molar-refractivity contribution is 7.07. The molecule has 8 heteroatoms. The van der Waals surface area contributed by atoms with E-state index in [1.165, 1.54) is 11.3 Å². The molecule has 0 spiro atoms. The summed E-state index contributed by atoms with van der Waals surface area (Å²) < 4.78 is 13.5. The number of carbonyl (C=O) groups is 1. The van der Waals surface area contributed by atoms with Crippen molar-refractivity contribution in [2.75, 3.05) is 6.61 Å². The van der Waals surface area contributed by atoms with Crippen LogP contribution in [0.5, 0.6) is 5.75 Å². The summed E-state index contributed by atoms with van der Waals surface area (Å²) in [4.78, 5) is 32.1. The topological polar surface area (TPSA) is 69.9 Å². The van der Waals surface area contributed by atoms with Crippen molar-refractivity contribution >= 4 is 35.0 Å². The Balaban J connectivity index is 1.63. The van der Waals surface area contributed by atoms with Gasteiger partial charge in [0.2, 0.25) is 0 Å². The molecule has 1 aliphatic heterocycles. The van der Waals surface area contributed by atoms with Gasteiger partial charge in [0.15, 0.2) is 4.80 Å². The first-order chi connectivity index (χ1) is 18.9. The van der Waals surface area contributed by atoms with Crippen LogP contribution in [0.15, 0.2) is 93.9 Å². The zero-order chi connectivity index (χ0) is 27.5. The van der Waals surface area contributed by atoms with Gasteiger partial charge in [0.05, 0.1) is 28.5 Å². The number of carbonyl (C=O) groups excluding carboxylic acids is 1. The summed E-state index contributed by atoms with van der Waals surface area (Å²) in [6, 6.07) is 22.3. The van der Waals surface area contributed by atoms with Crippen molar-refractivity contribution in [2.45, 2.75) is 33.4 Å². The molecule has 0 bridgehead atoms. The molecule has 0 saturated carbocycles. The quantitative estimate of drug-likeness (QED) is 0.287. The van der Waals surface area contributed by atoms with Crippen molar-refractivity contribution in [2.24, 2.45) is 4.99 Å². The molecule has 6 nitrogen and oxygen atoms in total. The van der Waals surface area contributed by atoms with E-state index in [4.69, 9.17) is 21.1 Å². The number of hydrogen-bond acceptors (Lipinski definition) is 6. The molecule has 4 aromatic rings. The third-order valence-electron chi connectivity index (χ3n) is 6.41. The zero-order valence-electron chi connectivity index (χ0n) is 21.8. The van der Waals surface area contributed by atoms with E-state index in [1.807, 2.05) is 61.5 Å². The molecule has 0 fully saturated rings. The number of benzene rings is 3. The van der Waals surface area contributed by atoms with Crippen LogP contribution < -0.4 is 19.6 Å². The number of rotatable bonds is 7. The molecular weight excluding hydrogens is 532 g/mol. The third-order valence-corrected chi connectivity index (χ3v) is 7.62. The van der Waals surface area contributed by atoms with E-state index in [0.717, 1.165) is 16.7 Å². The lowest BCUT2D eigenvalue weighted by Crippen LogP contribution is -2.39. The maximum Gasteiger partial charge on any atom is 0.338 e. The summed E-state index contributed by atoms with van der Waals surface area (Å²) in [5.41, 5.74) is 4.21. The van der Waals surface area contributed by atoms with Gasteiger partial charge in [-0.3, -0.25) is 9.36 Å². The molecule has 3 aromatic carbocycles. The molecule has 0 aliphatic carbocycles. The lowest BCUT2D eigenvalue weighted by molar-refractivity contribution is -0.139. The number of esters is 1. The van der Waals surface area contributed by atoms with E-state index in [9.17, 15) is 9.59 Å². The number of allylic oxidation sites excluding steroid dienone is 1. The molecule has 5 rings (SSSR count). The van der Waals surface area contributed by atoms with Gasteiger partial charge in [-0.2, -0.15) is 0 Å². The zero-order valence-corrected chi connectivity index (χ0v) is 23.4. The monoisotopic (exact) mass is 558 g/mol. The molecule has 0 amide bonds. The Morgan fingerprint density at radius 3 is 2.54 bits per heavy atom. The van der Waals surface area contributed by atoms with Gasteiger partial charge in [-0.25, -0.2) is 9.79 Å². The van der Waals surface area contributed by atoms with Crippen LogP contribution in [0.1, 0.15) is 42.1 Å². The highest BCUT2D eigenvalue weighted by Crippen LogP contribution is 2.31. The van der Waals surface area contributed by atoms with Crippen LogP contribution in [-0.2, 0) is 16.1 Å². The Hall–Kier alpha value is -3.94. The second-order valence-electron chi connectivity index (χ2n) is 9.17. The smallest absolute Gasteiger partial charge is 0.338 e. The van der Waals surface area contributed by atoms with Crippen molar-refractivity contribution in [3.05, 3.63) is 131 Å².